The fraction of sp³-hybridized carbons (Fsp3) is 0.938. The van der Waals surface area contributed by atoms with E-state index in [2.05, 4.69) is 22.5 Å². The van der Waals surface area contributed by atoms with Gasteiger partial charge >= 0.3 is 6.18 Å². The number of ether oxygens (including phenoxy) is 1. The highest BCUT2D eigenvalue weighted by Crippen LogP contribution is 2.19. The summed E-state index contributed by atoms with van der Waals surface area (Å²) in [6.45, 7) is 6.94. The van der Waals surface area contributed by atoms with Crippen LogP contribution in [0.3, 0.4) is 0 Å². The normalized spacial score (nSPS) is 18.9. The number of nitrogens with one attached hydrogen (secondary N) is 2. The lowest BCUT2D eigenvalue weighted by molar-refractivity contribution is -0.143. The Morgan fingerprint density at radius 1 is 1.24 bits per heavy atom. The van der Waals surface area contributed by atoms with Crippen LogP contribution in [0.4, 0.5) is 13.2 Å². The molecule has 1 unspecified atom stereocenters. The Bertz CT molecular complexity index is 370. The molecular weight excluding hydrogens is 448 g/mol. The van der Waals surface area contributed by atoms with Gasteiger partial charge in [-0.2, -0.15) is 13.2 Å². The Morgan fingerprint density at radius 3 is 2.60 bits per heavy atom. The molecule has 150 valence electrons. The predicted octanol–water partition coefficient (Wildman–Crippen LogP) is 3.00. The summed E-state index contributed by atoms with van der Waals surface area (Å²) in [6.07, 6.45) is -0.403. The van der Waals surface area contributed by atoms with Crippen LogP contribution in [-0.2, 0) is 4.74 Å². The molecule has 25 heavy (non-hydrogen) atoms. The zero-order chi connectivity index (χ0) is 17.8. The lowest BCUT2D eigenvalue weighted by atomic mass is 10.3. The molecule has 0 bridgehead atoms. The second-order valence-corrected chi connectivity index (χ2v) is 6.06. The van der Waals surface area contributed by atoms with Gasteiger partial charge in [0, 0.05) is 45.4 Å². The molecule has 1 aliphatic heterocycles. The van der Waals surface area contributed by atoms with Crippen molar-refractivity contribution in [3.05, 3.63) is 0 Å². The zero-order valence-electron chi connectivity index (χ0n) is 15.2. The molecule has 0 saturated carbocycles. The third-order valence-electron chi connectivity index (χ3n) is 3.72. The van der Waals surface area contributed by atoms with Crippen molar-refractivity contribution >= 4 is 29.9 Å². The van der Waals surface area contributed by atoms with Crippen LogP contribution in [0.25, 0.3) is 0 Å². The zero-order valence-corrected chi connectivity index (χ0v) is 17.5. The fourth-order valence-corrected chi connectivity index (χ4v) is 2.57. The number of hydrogen-bond acceptors (Lipinski definition) is 3. The minimum absolute atomic E-state index is 0. The van der Waals surface area contributed by atoms with E-state index in [1.165, 1.54) is 4.90 Å². The van der Waals surface area contributed by atoms with E-state index in [4.69, 9.17) is 4.74 Å². The number of alkyl halides is 3. The Hall–Kier alpha value is -0.290. The lowest BCUT2D eigenvalue weighted by Crippen LogP contribution is -2.45. The van der Waals surface area contributed by atoms with E-state index in [-0.39, 0.29) is 30.0 Å². The summed E-state index contributed by atoms with van der Waals surface area (Å²) in [5, 5.41) is 6.37. The predicted molar refractivity (Wildman–Crippen MR) is 106 cm³/mol. The molecule has 1 saturated heterocycles. The first-order chi connectivity index (χ1) is 11.4. The van der Waals surface area contributed by atoms with Crippen LogP contribution in [0.2, 0.25) is 0 Å². The quantitative estimate of drug-likeness (QED) is 0.219. The first-order valence-corrected chi connectivity index (χ1v) is 8.86. The molecule has 0 amide bonds. The van der Waals surface area contributed by atoms with Crippen molar-refractivity contribution in [1.82, 2.24) is 15.5 Å². The van der Waals surface area contributed by atoms with Gasteiger partial charge in [-0.25, -0.2) is 0 Å². The van der Waals surface area contributed by atoms with Gasteiger partial charge in [-0.1, -0.05) is 13.3 Å². The number of rotatable bonds is 10. The summed E-state index contributed by atoms with van der Waals surface area (Å²) in [6, 6.07) is 0.00551. The van der Waals surface area contributed by atoms with Crippen molar-refractivity contribution in [2.24, 2.45) is 4.99 Å². The summed E-state index contributed by atoms with van der Waals surface area (Å²) in [5.41, 5.74) is 0. The van der Waals surface area contributed by atoms with Crippen molar-refractivity contribution in [2.45, 2.75) is 51.7 Å². The molecule has 1 aliphatic rings. The molecular formula is C16H32F3IN4O. The topological polar surface area (TPSA) is 48.9 Å². The van der Waals surface area contributed by atoms with Crippen LogP contribution in [0.5, 0.6) is 0 Å². The maximum atomic E-state index is 12.4. The number of nitrogens with zero attached hydrogens (tertiary/aromatic N) is 2. The van der Waals surface area contributed by atoms with Crippen LogP contribution in [0.1, 0.15) is 39.5 Å². The molecule has 5 nitrogen and oxygen atoms in total. The van der Waals surface area contributed by atoms with E-state index in [0.717, 1.165) is 32.4 Å². The van der Waals surface area contributed by atoms with E-state index in [0.29, 0.717) is 38.6 Å². The van der Waals surface area contributed by atoms with E-state index in [1.54, 1.807) is 0 Å². The van der Waals surface area contributed by atoms with Gasteiger partial charge in [0.25, 0.3) is 0 Å². The highest BCUT2D eigenvalue weighted by Gasteiger charge is 2.34. The third kappa shape index (κ3) is 12.7. The molecule has 1 atom stereocenters. The minimum atomic E-state index is -4.13. The van der Waals surface area contributed by atoms with Crippen LogP contribution >= 0.6 is 24.0 Å². The van der Waals surface area contributed by atoms with Gasteiger partial charge in [0.2, 0.25) is 0 Å². The van der Waals surface area contributed by atoms with Gasteiger partial charge in [0.1, 0.15) is 0 Å². The molecule has 0 radical (unpaired) electrons. The van der Waals surface area contributed by atoms with Gasteiger partial charge in [0.05, 0.1) is 6.54 Å². The van der Waals surface area contributed by atoms with Crippen molar-refractivity contribution in [3.8, 4) is 0 Å². The second-order valence-electron chi connectivity index (χ2n) is 6.06. The fourth-order valence-electron chi connectivity index (χ4n) is 2.57. The molecule has 0 spiro atoms. The highest BCUT2D eigenvalue weighted by molar-refractivity contribution is 14.0. The van der Waals surface area contributed by atoms with Gasteiger partial charge in [-0.05, 0) is 26.2 Å². The number of unbranched alkanes of at least 4 members (excludes halogenated alkanes) is 1. The van der Waals surface area contributed by atoms with Crippen molar-refractivity contribution in [2.75, 3.05) is 45.9 Å². The first kappa shape index (κ1) is 24.7. The van der Waals surface area contributed by atoms with E-state index in [1.807, 2.05) is 6.92 Å². The average Bonchev–Trinajstić information content (AvgIpc) is 2.91. The van der Waals surface area contributed by atoms with E-state index in [9.17, 15) is 13.2 Å². The Balaban J connectivity index is 0.00000576. The number of halogens is 4. The lowest BCUT2D eigenvalue weighted by Gasteiger charge is -2.19. The van der Waals surface area contributed by atoms with Crippen LogP contribution in [0, 0.1) is 0 Å². The highest BCUT2D eigenvalue weighted by atomic mass is 127. The molecule has 1 rings (SSSR count). The average molecular weight is 480 g/mol. The monoisotopic (exact) mass is 480 g/mol. The Kier molecular flexibility index (Phi) is 13.7. The summed E-state index contributed by atoms with van der Waals surface area (Å²) in [7, 11) is 0. The van der Waals surface area contributed by atoms with Crippen LogP contribution in [-0.4, -0.2) is 69.0 Å². The number of hydrogen-bond donors (Lipinski definition) is 2. The van der Waals surface area contributed by atoms with Gasteiger partial charge < -0.3 is 15.4 Å². The molecule has 9 heteroatoms. The second kappa shape index (κ2) is 13.9. The number of likely N-dealkylation sites (tertiary alicyclic amines) is 1. The largest absolute Gasteiger partial charge is 0.401 e. The standard InChI is InChI=1S/C16H31F3N4O.HI/c1-3-5-10-24-11-6-8-21-15(20-4-2)22-14-7-9-23(12-14)13-16(17,18)19;/h14H,3-13H2,1-2H3,(H2,20,21,22);1H. The Labute approximate surface area is 166 Å². The van der Waals surface area contributed by atoms with Crippen molar-refractivity contribution in [3.63, 3.8) is 0 Å². The molecule has 0 aliphatic carbocycles. The molecule has 0 aromatic carbocycles. The van der Waals surface area contributed by atoms with Gasteiger partial charge in [-0.15, -0.1) is 24.0 Å². The Morgan fingerprint density at radius 2 is 1.96 bits per heavy atom. The number of guanidine groups is 1. The maximum absolute atomic E-state index is 12.4. The number of aliphatic imine (C=N–C) groups is 1. The molecule has 1 fully saturated rings. The molecule has 2 N–H and O–H groups in total. The van der Waals surface area contributed by atoms with Gasteiger partial charge in [0.15, 0.2) is 5.96 Å². The van der Waals surface area contributed by atoms with E-state index >= 15 is 0 Å². The smallest absolute Gasteiger partial charge is 0.381 e. The minimum Gasteiger partial charge on any atom is -0.381 e. The molecule has 0 aromatic rings. The van der Waals surface area contributed by atoms with Crippen LogP contribution < -0.4 is 10.6 Å². The molecule has 0 aromatic heterocycles. The van der Waals surface area contributed by atoms with Crippen molar-refractivity contribution in [1.29, 1.82) is 0 Å². The maximum Gasteiger partial charge on any atom is 0.401 e. The summed E-state index contributed by atoms with van der Waals surface area (Å²) >= 11 is 0. The summed E-state index contributed by atoms with van der Waals surface area (Å²) in [4.78, 5) is 5.90. The third-order valence-corrected chi connectivity index (χ3v) is 3.72. The van der Waals surface area contributed by atoms with Crippen LogP contribution in [0.15, 0.2) is 4.99 Å². The summed E-state index contributed by atoms with van der Waals surface area (Å²) in [5.74, 6) is 0.671. The summed E-state index contributed by atoms with van der Waals surface area (Å²) < 4.78 is 42.8. The first-order valence-electron chi connectivity index (χ1n) is 8.86. The van der Waals surface area contributed by atoms with E-state index < -0.39 is 12.7 Å². The molecule has 1 heterocycles. The van der Waals surface area contributed by atoms with Gasteiger partial charge in [-0.3, -0.25) is 9.89 Å². The SMILES string of the molecule is CCCCOCCCN=C(NCC)NC1CCN(CC(F)(F)F)C1.I. The van der Waals surface area contributed by atoms with Crippen molar-refractivity contribution < 1.29 is 17.9 Å².